The van der Waals surface area contributed by atoms with Crippen molar-refractivity contribution in [3.8, 4) is 6.07 Å². The zero-order valence-electron chi connectivity index (χ0n) is 10.8. The Kier molecular flexibility index (Phi) is 4.85. The summed E-state index contributed by atoms with van der Waals surface area (Å²) in [4.78, 5) is 12.1. The molecule has 2 N–H and O–H groups in total. The van der Waals surface area contributed by atoms with Crippen LogP contribution in [0, 0.1) is 11.3 Å². The van der Waals surface area contributed by atoms with E-state index in [0.29, 0.717) is 5.02 Å². The largest absolute Gasteiger partial charge is 0.515 e. The first-order valence-electron chi connectivity index (χ1n) is 5.56. The van der Waals surface area contributed by atoms with E-state index in [1.807, 2.05) is 0 Å². The molecule has 1 aromatic carbocycles. The van der Waals surface area contributed by atoms with Gasteiger partial charge in [0.2, 0.25) is 0 Å². The number of nitrogens with zero attached hydrogens (tertiary/aromatic N) is 1. The predicted octanol–water partition coefficient (Wildman–Crippen LogP) is 3.85. The van der Waals surface area contributed by atoms with Crippen LogP contribution in [0.4, 0.5) is 5.69 Å². The highest BCUT2D eigenvalue weighted by molar-refractivity contribution is 6.74. The number of anilines is 1. The van der Waals surface area contributed by atoms with Gasteiger partial charge in [-0.05, 0) is 32.2 Å². The van der Waals surface area contributed by atoms with Crippen LogP contribution < -0.4 is 5.73 Å². The molecule has 0 aliphatic heterocycles. The lowest BCUT2D eigenvalue weighted by Crippen LogP contribution is -2.37. The van der Waals surface area contributed by atoms with E-state index in [1.165, 1.54) is 12.1 Å². The number of nitriles is 1. The first-order valence-corrected chi connectivity index (χ1v) is 9.30. The Bertz CT molecular complexity index is 555. The Hall–Kier alpha value is -1.22. The minimum Gasteiger partial charge on any atom is -0.515 e. The number of carbonyl (C=O) groups is 1. The van der Waals surface area contributed by atoms with Gasteiger partial charge in [-0.2, -0.15) is 5.26 Å². The van der Waals surface area contributed by atoms with Gasteiger partial charge in [-0.15, -0.1) is 0 Å². The highest BCUT2D eigenvalue weighted by Crippen LogP contribution is 2.30. The molecule has 0 radical (unpaired) electrons. The molecule has 0 aliphatic rings. The van der Waals surface area contributed by atoms with E-state index in [0.717, 1.165) is 0 Å². The molecule has 0 amide bonds. The van der Waals surface area contributed by atoms with E-state index in [2.05, 4.69) is 6.07 Å². The molecule has 0 heterocycles. The van der Waals surface area contributed by atoms with Gasteiger partial charge in [0.1, 0.15) is 0 Å². The number of rotatable bonds is 3. The van der Waals surface area contributed by atoms with Gasteiger partial charge >= 0.3 is 5.97 Å². The lowest BCUT2D eigenvalue weighted by Gasteiger charge is -2.25. The van der Waals surface area contributed by atoms with E-state index in [1.54, 1.807) is 20.0 Å². The highest BCUT2D eigenvalue weighted by Gasteiger charge is 2.35. The fourth-order valence-corrected chi connectivity index (χ4v) is 2.78. The van der Waals surface area contributed by atoms with Crippen molar-refractivity contribution in [1.29, 1.82) is 5.26 Å². The van der Waals surface area contributed by atoms with E-state index in [9.17, 15) is 4.79 Å². The average Bonchev–Trinajstić information content (AvgIpc) is 2.31. The summed E-state index contributed by atoms with van der Waals surface area (Å²) in [5.41, 5.74) is 5.66. The van der Waals surface area contributed by atoms with Crippen LogP contribution in [-0.2, 0) is 4.43 Å². The first kappa shape index (κ1) is 15.8. The number of nitrogen functional groups attached to an aromatic ring is 1. The second kappa shape index (κ2) is 5.82. The third kappa shape index (κ3) is 3.63. The molecule has 1 aromatic rings. The molecule has 0 spiro atoms. The molecule has 0 aromatic heterocycles. The Morgan fingerprint density at radius 3 is 2.58 bits per heavy atom. The van der Waals surface area contributed by atoms with E-state index in [4.69, 9.17) is 38.6 Å². The minimum absolute atomic E-state index is 0.115. The molecular weight excluding hydrogens is 303 g/mol. The molecule has 0 fully saturated rings. The zero-order chi connectivity index (χ0) is 14.8. The highest BCUT2D eigenvalue weighted by atomic mass is 35.5. The van der Waals surface area contributed by atoms with E-state index in [-0.39, 0.29) is 21.8 Å². The van der Waals surface area contributed by atoms with Crippen molar-refractivity contribution in [3.05, 3.63) is 27.7 Å². The number of nitrogens with two attached hydrogens (primary N) is 1. The monoisotopic (exact) mass is 316 g/mol. The van der Waals surface area contributed by atoms with E-state index >= 15 is 0 Å². The summed E-state index contributed by atoms with van der Waals surface area (Å²) in [6.07, 6.45) is 0. The van der Waals surface area contributed by atoms with Crippen molar-refractivity contribution in [2.75, 3.05) is 5.73 Å². The normalized spacial score (nSPS) is 12.6. The van der Waals surface area contributed by atoms with Gasteiger partial charge in [-0.3, -0.25) is 0 Å². The SMILES string of the molecule is CC(C#N)[Si](C)(C)OC(=O)c1cc(Cl)cc(N)c1Cl. The van der Waals surface area contributed by atoms with Crippen LogP contribution in [0.15, 0.2) is 12.1 Å². The summed E-state index contributed by atoms with van der Waals surface area (Å²) >= 11 is 11.8. The number of hydrogen-bond acceptors (Lipinski definition) is 4. The summed E-state index contributed by atoms with van der Waals surface area (Å²) in [6, 6.07) is 4.97. The number of carbonyl (C=O) groups excluding carboxylic acids is 1. The molecule has 0 aliphatic carbocycles. The van der Waals surface area contributed by atoms with Gasteiger partial charge in [0.05, 0.1) is 27.9 Å². The van der Waals surface area contributed by atoms with Gasteiger partial charge in [0.25, 0.3) is 8.32 Å². The van der Waals surface area contributed by atoms with Crippen molar-refractivity contribution >= 4 is 43.2 Å². The number of halogens is 2. The summed E-state index contributed by atoms with van der Waals surface area (Å²) in [5, 5.41) is 9.34. The Morgan fingerprint density at radius 1 is 1.47 bits per heavy atom. The molecular formula is C12H14Cl2N2O2Si. The van der Waals surface area contributed by atoms with Crippen molar-refractivity contribution in [1.82, 2.24) is 0 Å². The molecule has 0 saturated carbocycles. The molecule has 19 heavy (non-hydrogen) atoms. The lowest BCUT2D eigenvalue weighted by atomic mass is 10.2. The summed E-state index contributed by atoms with van der Waals surface area (Å²) in [6.45, 7) is 5.31. The summed E-state index contributed by atoms with van der Waals surface area (Å²) in [5.74, 6) is -0.599. The number of benzene rings is 1. The van der Waals surface area contributed by atoms with Crippen molar-refractivity contribution in [2.24, 2.45) is 0 Å². The Labute approximate surface area is 123 Å². The van der Waals surface area contributed by atoms with Crippen molar-refractivity contribution in [2.45, 2.75) is 25.6 Å². The molecule has 102 valence electrons. The smallest absolute Gasteiger partial charge is 0.326 e. The van der Waals surface area contributed by atoms with Crippen LogP contribution in [0.1, 0.15) is 17.3 Å². The molecule has 1 unspecified atom stereocenters. The average molecular weight is 317 g/mol. The maximum atomic E-state index is 12.1. The fraction of sp³-hybridized carbons (Fsp3) is 0.333. The van der Waals surface area contributed by atoms with Crippen LogP contribution in [-0.4, -0.2) is 14.3 Å². The van der Waals surface area contributed by atoms with Crippen molar-refractivity contribution < 1.29 is 9.22 Å². The quantitative estimate of drug-likeness (QED) is 0.678. The standard InChI is InChI=1S/C12H14Cl2N2O2Si/c1-7(6-15)19(2,3)18-12(17)9-4-8(13)5-10(16)11(9)14/h4-5,7H,16H2,1-3H3. The van der Waals surface area contributed by atoms with Crippen LogP contribution in [0.3, 0.4) is 0 Å². The Balaban J connectivity index is 3.07. The van der Waals surface area contributed by atoms with Gasteiger partial charge in [-0.1, -0.05) is 23.2 Å². The van der Waals surface area contributed by atoms with Crippen LogP contribution >= 0.6 is 23.2 Å². The van der Waals surface area contributed by atoms with E-state index < -0.39 is 14.3 Å². The predicted molar refractivity (Wildman–Crippen MR) is 78.8 cm³/mol. The van der Waals surface area contributed by atoms with Gasteiger partial charge in [-0.25, -0.2) is 4.79 Å². The lowest BCUT2D eigenvalue weighted by molar-refractivity contribution is 0.0720. The molecule has 4 nitrogen and oxygen atoms in total. The van der Waals surface area contributed by atoms with Gasteiger partial charge in [0, 0.05) is 5.02 Å². The van der Waals surface area contributed by atoms with Crippen LogP contribution in [0.25, 0.3) is 0 Å². The molecule has 7 heteroatoms. The third-order valence-corrected chi connectivity index (χ3v) is 6.44. The summed E-state index contributed by atoms with van der Waals surface area (Å²) in [7, 11) is -2.46. The molecule has 0 bridgehead atoms. The minimum atomic E-state index is -2.46. The molecule has 1 rings (SSSR count). The molecule has 0 saturated heterocycles. The maximum absolute atomic E-state index is 12.1. The van der Waals surface area contributed by atoms with Crippen molar-refractivity contribution in [3.63, 3.8) is 0 Å². The number of hydrogen-bond donors (Lipinski definition) is 1. The summed E-state index contributed by atoms with van der Waals surface area (Å²) < 4.78 is 5.45. The maximum Gasteiger partial charge on any atom is 0.326 e. The van der Waals surface area contributed by atoms with Gasteiger partial charge in [0.15, 0.2) is 0 Å². The topological polar surface area (TPSA) is 76.1 Å². The third-order valence-electron chi connectivity index (χ3n) is 2.88. The van der Waals surface area contributed by atoms with Crippen LogP contribution in [0.2, 0.25) is 28.7 Å². The van der Waals surface area contributed by atoms with Crippen LogP contribution in [0.5, 0.6) is 0 Å². The molecule has 1 atom stereocenters. The Morgan fingerprint density at radius 2 is 2.05 bits per heavy atom. The first-order chi connectivity index (χ1) is 8.69. The zero-order valence-corrected chi connectivity index (χ0v) is 13.3. The second-order valence-electron chi connectivity index (χ2n) is 4.70. The van der Waals surface area contributed by atoms with Gasteiger partial charge < -0.3 is 10.2 Å². The second-order valence-corrected chi connectivity index (χ2v) is 9.79. The fourth-order valence-electron chi connectivity index (χ4n) is 1.30.